The fourth-order valence-electron chi connectivity index (χ4n) is 5.24. The molecule has 1 aliphatic rings. The molecule has 41 heavy (non-hydrogen) atoms. The van der Waals surface area contributed by atoms with Crippen molar-refractivity contribution in [2.75, 3.05) is 31.1 Å². The van der Waals surface area contributed by atoms with Gasteiger partial charge < -0.3 is 14.9 Å². The maximum absolute atomic E-state index is 13.8. The number of nitro groups is 1. The number of aromatic hydroxyl groups is 1. The van der Waals surface area contributed by atoms with Gasteiger partial charge in [-0.3, -0.25) is 24.4 Å². The van der Waals surface area contributed by atoms with Crippen molar-refractivity contribution >= 4 is 28.2 Å². The fourth-order valence-corrected chi connectivity index (χ4v) is 5.24. The van der Waals surface area contributed by atoms with Crippen LogP contribution in [0.1, 0.15) is 17.2 Å². The van der Waals surface area contributed by atoms with E-state index in [1.165, 1.54) is 36.4 Å². The number of phenolic OH excluding ortho intramolecular Hbond substituents is 1. The molecule has 0 radical (unpaired) electrons. The van der Waals surface area contributed by atoms with Gasteiger partial charge in [-0.05, 0) is 35.9 Å². The molecule has 1 atom stereocenters. The van der Waals surface area contributed by atoms with Gasteiger partial charge in [0.1, 0.15) is 17.4 Å². The molecular weight excluding hydrogens is 534 g/mol. The van der Waals surface area contributed by atoms with Crippen LogP contribution in [0.4, 0.5) is 26.0 Å². The Morgan fingerprint density at radius 1 is 1.10 bits per heavy atom. The SMILES string of the molecule is [C-]#[N+]c1ccc2c(n1)c(N1CCN(C(c3ccc(F)cc3)c3ccc(F)cc3O)CC1)c([N+](=O)[O-])c(=O)n2CC#C. The number of aromatic nitrogens is 2. The molecule has 0 spiro atoms. The van der Waals surface area contributed by atoms with Crippen LogP contribution in [0.5, 0.6) is 5.75 Å². The number of piperazine rings is 1. The minimum absolute atomic E-state index is 0.000694. The molecule has 12 heteroatoms. The monoisotopic (exact) mass is 556 g/mol. The molecule has 2 aromatic heterocycles. The number of hydrogen-bond acceptors (Lipinski definition) is 7. The zero-order valence-electron chi connectivity index (χ0n) is 21.5. The van der Waals surface area contributed by atoms with Crippen molar-refractivity contribution in [3.05, 3.63) is 109 Å². The van der Waals surface area contributed by atoms with Crippen LogP contribution in [0.25, 0.3) is 15.9 Å². The van der Waals surface area contributed by atoms with Crippen molar-refractivity contribution in [3.8, 4) is 18.1 Å². The van der Waals surface area contributed by atoms with Crippen LogP contribution in [0, 0.1) is 40.7 Å². The van der Waals surface area contributed by atoms with Crippen molar-refractivity contribution < 1.29 is 18.8 Å². The smallest absolute Gasteiger partial charge is 0.361 e. The number of fused-ring (bicyclic) bond motifs is 1. The van der Waals surface area contributed by atoms with E-state index in [9.17, 15) is 28.8 Å². The molecule has 4 aromatic rings. The van der Waals surface area contributed by atoms with Gasteiger partial charge in [-0.1, -0.05) is 30.7 Å². The van der Waals surface area contributed by atoms with Gasteiger partial charge in [-0.2, -0.15) is 0 Å². The number of nitrogens with zero attached hydrogens (tertiary/aromatic N) is 6. The Morgan fingerprint density at radius 2 is 1.78 bits per heavy atom. The number of rotatable bonds is 6. The van der Waals surface area contributed by atoms with Crippen molar-refractivity contribution in [3.63, 3.8) is 0 Å². The quantitative estimate of drug-likeness (QED) is 0.162. The molecular formula is C29H22F2N6O4. The van der Waals surface area contributed by atoms with Gasteiger partial charge >= 0.3 is 11.2 Å². The summed E-state index contributed by atoms with van der Waals surface area (Å²) < 4.78 is 28.6. The van der Waals surface area contributed by atoms with E-state index in [2.05, 4.69) is 15.7 Å². The van der Waals surface area contributed by atoms with Crippen LogP contribution in [-0.4, -0.2) is 50.7 Å². The van der Waals surface area contributed by atoms with Crippen molar-refractivity contribution in [2.24, 2.45) is 0 Å². The molecule has 1 unspecified atom stereocenters. The van der Waals surface area contributed by atoms with Crippen LogP contribution in [-0.2, 0) is 6.54 Å². The molecule has 0 saturated carbocycles. The highest BCUT2D eigenvalue weighted by atomic mass is 19.1. The second-order valence-corrected chi connectivity index (χ2v) is 9.38. The topological polar surface area (TPSA) is 109 Å². The number of halogens is 2. The highest BCUT2D eigenvalue weighted by molar-refractivity contribution is 5.94. The van der Waals surface area contributed by atoms with E-state index in [-0.39, 0.29) is 47.9 Å². The van der Waals surface area contributed by atoms with Crippen LogP contribution in [0.15, 0.2) is 59.4 Å². The minimum atomic E-state index is -0.879. The normalized spacial score (nSPS) is 14.4. The van der Waals surface area contributed by atoms with E-state index in [0.717, 1.165) is 10.6 Å². The third-order valence-corrected chi connectivity index (χ3v) is 7.06. The third-order valence-electron chi connectivity index (χ3n) is 7.06. The lowest BCUT2D eigenvalue weighted by molar-refractivity contribution is -0.385. The van der Waals surface area contributed by atoms with E-state index < -0.39 is 33.8 Å². The predicted molar refractivity (Wildman–Crippen MR) is 148 cm³/mol. The zero-order valence-corrected chi connectivity index (χ0v) is 21.5. The number of pyridine rings is 2. The molecule has 1 fully saturated rings. The molecule has 0 bridgehead atoms. The summed E-state index contributed by atoms with van der Waals surface area (Å²) in [5, 5.41) is 22.8. The van der Waals surface area contributed by atoms with Gasteiger partial charge in [0.2, 0.25) is 5.52 Å². The minimum Gasteiger partial charge on any atom is -0.507 e. The largest absolute Gasteiger partial charge is 0.507 e. The fraction of sp³-hybridized carbons (Fsp3) is 0.207. The summed E-state index contributed by atoms with van der Waals surface area (Å²) in [5.74, 6) is 1.02. The maximum atomic E-state index is 13.8. The standard InChI is InChI=1S/C29H22F2N6O4/c1-3-12-36-22-10-11-24(32-2)33-25(22)27(28(29(36)39)37(40)41)35-15-13-34(14-16-35)26(18-4-6-19(30)7-5-18)21-9-8-20(31)17-23(21)38/h1,4-11,17,26,38H,12-16H2. The van der Waals surface area contributed by atoms with Crippen LogP contribution in [0.3, 0.4) is 0 Å². The Kier molecular flexibility index (Phi) is 7.34. The van der Waals surface area contributed by atoms with E-state index in [0.29, 0.717) is 24.2 Å². The van der Waals surface area contributed by atoms with E-state index in [4.69, 9.17) is 13.0 Å². The van der Waals surface area contributed by atoms with Gasteiger partial charge in [-0.25, -0.2) is 8.78 Å². The lowest BCUT2D eigenvalue weighted by atomic mass is 9.95. The lowest BCUT2D eigenvalue weighted by Gasteiger charge is -2.40. The van der Waals surface area contributed by atoms with Crippen LogP contribution < -0.4 is 10.5 Å². The highest BCUT2D eigenvalue weighted by Gasteiger charge is 2.35. The molecule has 1 aliphatic heterocycles. The highest BCUT2D eigenvalue weighted by Crippen LogP contribution is 2.38. The number of terminal acetylenes is 1. The third kappa shape index (κ3) is 5.04. The summed E-state index contributed by atoms with van der Waals surface area (Å²) in [4.78, 5) is 36.0. The molecule has 2 aromatic carbocycles. The van der Waals surface area contributed by atoms with Crippen molar-refractivity contribution in [1.29, 1.82) is 0 Å². The van der Waals surface area contributed by atoms with Crippen molar-refractivity contribution in [1.82, 2.24) is 14.5 Å². The summed E-state index contributed by atoms with van der Waals surface area (Å²) in [5.41, 5.74) is -0.140. The van der Waals surface area contributed by atoms with E-state index >= 15 is 0 Å². The molecule has 1 saturated heterocycles. The van der Waals surface area contributed by atoms with E-state index in [1.54, 1.807) is 17.0 Å². The number of hydrogen-bond donors (Lipinski definition) is 1. The summed E-state index contributed by atoms with van der Waals surface area (Å²) in [6.07, 6.45) is 5.43. The molecule has 206 valence electrons. The summed E-state index contributed by atoms with van der Waals surface area (Å²) >= 11 is 0. The second kappa shape index (κ2) is 11.0. The summed E-state index contributed by atoms with van der Waals surface area (Å²) in [7, 11) is 0. The number of anilines is 1. The summed E-state index contributed by atoms with van der Waals surface area (Å²) in [6, 6.07) is 11.8. The maximum Gasteiger partial charge on any atom is 0.361 e. The van der Waals surface area contributed by atoms with Gasteiger partial charge in [0, 0.05) is 37.8 Å². The second-order valence-electron chi connectivity index (χ2n) is 9.38. The summed E-state index contributed by atoms with van der Waals surface area (Å²) in [6.45, 7) is 8.16. The van der Waals surface area contributed by atoms with E-state index in [1.807, 2.05) is 4.90 Å². The Hall–Kier alpha value is -5.33. The van der Waals surface area contributed by atoms with Crippen LogP contribution in [0.2, 0.25) is 0 Å². The van der Waals surface area contributed by atoms with Gasteiger partial charge in [0.05, 0.1) is 23.0 Å². The first-order chi connectivity index (χ1) is 19.7. The first kappa shape index (κ1) is 27.2. The molecule has 0 amide bonds. The Morgan fingerprint density at radius 3 is 2.39 bits per heavy atom. The number of phenols is 1. The molecule has 1 N–H and O–H groups in total. The molecule has 0 aliphatic carbocycles. The van der Waals surface area contributed by atoms with Gasteiger partial charge in [0.25, 0.3) is 5.82 Å². The molecule has 3 heterocycles. The zero-order chi connectivity index (χ0) is 29.3. The predicted octanol–water partition coefficient (Wildman–Crippen LogP) is 4.38. The average Bonchev–Trinajstić information content (AvgIpc) is 2.96. The average molecular weight is 557 g/mol. The van der Waals surface area contributed by atoms with Crippen LogP contribution >= 0.6 is 0 Å². The van der Waals surface area contributed by atoms with Crippen molar-refractivity contribution in [2.45, 2.75) is 12.6 Å². The first-order valence-corrected chi connectivity index (χ1v) is 12.5. The molecule has 10 nitrogen and oxygen atoms in total. The van der Waals surface area contributed by atoms with Gasteiger partial charge in [0.15, 0.2) is 5.69 Å². The Balaban J connectivity index is 1.58. The Bertz CT molecular complexity index is 1800. The first-order valence-electron chi connectivity index (χ1n) is 12.5. The van der Waals surface area contributed by atoms with Gasteiger partial charge in [-0.15, -0.1) is 11.4 Å². The Labute approximate surface area is 232 Å². The lowest BCUT2D eigenvalue weighted by Crippen LogP contribution is -2.48. The molecule has 5 rings (SSSR count). The number of benzene rings is 2.